The van der Waals surface area contributed by atoms with Crippen molar-refractivity contribution in [3.8, 4) is 0 Å². The van der Waals surface area contributed by atoms with Gasteiger partial charge in [0.05, 0.1) is 0 Å². The summed E-state index contributed by atoms with van der Waals surface area (Å²) in [6.07, 6.45) is 4.38. The molecule has 1 amide bonds. The molecule has 0 spiro atoms. The number of piperidine rings is 1. The molecule has 1 atom stereocenters. The van der Waals surface area contributed by atoms with Crippen molar-refractivity contribution in [2.24, 2.45) is 16.6 Å². The van der Waals surface area contributed by atoms with Crippen LogP contribution in [0.15, 0.2) is 28.0 Å². The molecule has 1 unspecified atom stereocenters. The monoisotopic (exact) mass is 503 g/mol. The molecule has 2 rings (SSSR count). The number of amides is 1. The van der Waals surface area contributed by atoms with Crippen LogP contribution in [0.4, 0.5) is 0 Å². The summed E-state index contributed by atoms with van der Waals surface area (Å²) in [6, 6.07) is 5.36. The van der Waals surface area contributed by atoms with Crippen molar-refractivity contribution in [2.75, 3.05) is 26.2 Å². The first-order valence-electron chi connectivity index (χ1n) is 9.99. The first-order chi connectivity index (χ1) is 13.0. The number of carbonyl (C=O) groups excluding carboxylic acids is 1. The Hall–Kier alpha value is -1.58. The van der Waals surface area contributed by atoms with E-state index < -0.39 is 0 Å². The third-order valence-electron chi connectivity index (χ3n) is 4.96. The van der Waals surface area contributed by atoms with Crippen molar-refractivity contribution < 1.29 is 4.79 Å². The maximum absolute atomic E-state index is 11.9. The van der Waals surface area contributed by atoms with Gasteiger partial charge < -0.3 is 20.5 Å². The fourth-order valence-electron chi connectivity index (χ4n) is 3.61. The van der Waals surface area contributed by atoms with Gasteiger partial charge >= 0.3 is 0 Å². The molecule has 0 saturated carbocycles. The van der Waals surface area contributed by atoms with Gasteiger partial charge in [0.25, 0.3) is 5.56 Å². The Morgan fingerprint density at radius 2 is 2.14 bits per heavy atom. The van der Waals surface area contributed by atoms with Crippen LogP contribution in [0.25, 0.3) is 0 Å². The predicted octanol–water partition coefficient (Wildman–Crippen LogP) is 2.11. The second kappa shape index (κ2) is 12.8. The second-order valence-electron chi connectivity index (χ2n) is 7.22. The lowest BCUT2D eigenvalue weighted by Gasteiger charge is -2.34. The number of aliphatic imine (C=N–C) groups is 1. The zero-order valence-corrected chi connectivity index (χ0v) is 19.4. The normalized spacial score (nSPS) is 17.1. The minimum atomic E-state index is -0.227. The number of pyridine rings is 1. The molecule has 1 aliphatic rings. The predicted molar refractivity (Wildman–Crippen MR) is 124 cm³/mol. The Bertz CT molecular complexity index is 704. The van der Waals surface area contributed by atoms with Crippen molar-refractivity contribution in [2.45, 2.75) is 52.5 Å². The molecule has 8 heteroatoms. The summed E-state index contributed by atoms with van der Waals surface area (Å²) in [5.74, 6) is 1.00. The van der Waals surface area contributed by atoms with Crippen LogP contribution < -0.4 is 16.6 Å². The summed E-state index contributed by atoms with van der Waals surface area (Å²) < 4.78 is 1.81. The molecular formula is C20H34IN5O2. The molecule has 28 heavy (non-hydrogen) atoms. The topological polar surface area (TPSA) is 92.7 Å². The lowest BCUT2D eigenvalue weighted by Crippen LogP contribution is -2.47. The minimum Gasteiger partial charge on any atom is -0.370 e. The highest BCUT2D eigenvalue weighted by atomic mass is 127. The standard InChI is InChI=1S/C20H33N5O2.HI/c1-3-22-20(24-12-7-9-17(15-24)14-18(21)26)23-11-4-5-13-25-16(2)8-6-10-19(25)27;/h6,8,10,17H,3-5,7,9,11-15H2,1-2H3,(H2,21,26)(H,22,23);1H. The third kappa shape index (κ3) is 7.81. The van der Waals surface area contributed by atoms with E-state index in [1.54, 1.807) is 12.1 Å². The van der Waals surface area contributed by atoms with Crippen LogP contribution in [0.5, 0.6) is 0 Å². The molecule has 0 bridgehead atoms. The first-order valence-corrected chi connectivity index (χ1v) is 9.99. The zero-order valence-electron chi connectivity index (χ0n) is 17.0. The van der Waals surface area contributed by atoms with E-state index in [1.165, 1.54) is 0 Å². The number of guanidine groups is 1. The Labute approximate surface area is 184 Å². The molecule has 1 aromatic heterocycles. The van der Waals surface area contributed by atoms with Crippen LogP contribution in [-0.4, -0.2) is 47.5 Å². The number of nitrogens with zero attached hydrogens (tertiary/aromatic N) is 3. The molecule has 7 nitrogen and oxygen atoms in total. The number of aryl methyl sites for hydroxylation is 1. The van der Waals surface area contributed by atoms with Gasteiger partial charge in [0.1, 0.15) is 0 Å². The number of likely N-dealkylation sites (tertiary alicyclic amines) is 1. The Morgan fingerprint density at radius 1 is 1.36 bits per heavy atom. The number of nitrogens with two attached hydrogens (primary N) is 1. The molecule has 0 radical (unpaired) electrons. The fourth-order valence-corrected chi connectivity index (χ4v) is 3.61. The molecule has 0 aliphatic carbocycles. The van der Waals surface area contributed by atoms with Crippen molar-refractivity contribution in [1.29, 1.82) is 0 Å². The highest BCUT2D eigenvalue weighted by Crippen LogP contribution is 2.19. The molecule has 1 aliphatic heterocycles. The summed E-state index contributed by atoms with van der Waals surface area (Å²) in [5.41, 5.74) is 6.41. The zero-order chi connectivity index (χ0) is 19.6. The number of nitrogens with one attached hydrogen (secondary N) is 1. The average molecular weight is 503 g/mol. The quantitative estimate of drug-likeness (QED) is 0.246. The molecule has 0 aromatic carbocycles. The number of aromatic nitrogens is 1. The largest absolute Gasteiger partial charge is 0.370 e. The van der Waals surface area contributed by atoms with Gasteiger partial charge in [0, 0.05) is 50.9 Å². The molecule has 1 saturated heterocycles. The van der Waals surface area contributed by atoms with E-state index >= 15 is 0 Å². The number of rotatable bonds is 8. The van der Waals surface area contributed by atoms with Gasteiger partial charge in [-0.1, -0.05) is 6.07 Å². The SMILES string of the molecule is CCNC(=NCCCCn1c(C)cccc1=O)N1CCCC(CC(N)=O)C1.I. The molecule has 3 N–H and O–H groups in total. The lowest BCUT2D eigenvalue weighted by atomic mass is 9.95. The minimum absolute atomic E-state index is 0. The van der Waals surface area contributed by atoms with Gasteiger partial charge in [-0.05, 0) is 51.5 Å². The van der Waals surface area contributed by atoms with E-state index in [0.29, 0.717) is 12.3 Å². The summed E-state index contributed by atoms with van der Waals surface area (Å²) >= 11 is 0. The number of hydrogen-bond donors (Lipinski definition) is 2. The van der Waals surface area contributed by atoms with Gasteiger partial charge in [-0.15, -0.1) is 24.0 Å². The van der Waals surface area contributed by atoms with Crippen LogP contribution in [0.2, 0.25) is 0 Å². The highest BCUT2D eigenvalue weighted by molar-refractivity contribution is 14.0. The maximum Gasteiger partial charge on any atom is 0.250 e. The number of primary amides is 1. The van der Waals surface area contributed by atoms with Crippen molar-refractivity contribution in [3.05, 3.63) is 34.2 Å². The van der Waals surface area contributed by atoms with E-state index in [1.807, 2.05) is 17.6 Å². The highest BCUT2D eigenvalue weighted by Gasteiger charge is 2.23. The van der Waals surface area contributed by atoms with Gasteiger partial charge in [-0.2, -0.15) is 0 Å². The lowest BCUT2D eigenvalue weighted by molar-refractivity contribution is -0.119. The maximum atomic E-state index is 11.9. The third-order valence-corrected chi connectivity index (χ3v) is 4.96. The van der Waals surface area contributed by atoms with Gasteiger partial charge in [-0.25, -0.2) is 0 Å². The molecule has 2 heterocycles. The molecule has 1 aromatic rings. The van der Waals surface area contributed by atoms with Crippen molar-refractivity contribution in [1.82, 2.24) is 14.8 Å². The summed E-state index contributed by atoms with van der Waals surface area (Å²) in [7, 11) is 0. The van der Waals surface area contributed by atoms with E-state index in [-0.39, 0.29) is 35.4 Å². The van der Waals surface area contributed by atoms with Crippen molar-refractivity contribution >= 4 is 35.8 Å². The van der Waals surface area contributed by atoms with E-state index in [2.05, 4.69) is 17.1 Å². The number of halogens is 1. The van der Waals surface area contributed by atoms with Crippen LogP contribution in [-0.2, 0) is 11.3 Å². The molecular weight excluding hydrogens is 469 g/mol. The van der Waals surface area contributed by atoms with Crippen LogP contribution in [0.3, 0.4) is 0 Å². The summed E-state index contributed by atoms with van der Waals surface area (Å²) in [4.78, 5) is 30.1. The average Bonchev–Trinajstić information content (AvgIpc) is 2.62. The fraction of sp³-hybridized carbons (Fsp3) is 0.650. The Morgan fingerprint density at radius 3 is 2.82 bits per heavy atom. The second-order valence-corrected chi connectivity index (χ2v) is 7.22. The smallest absolute Gasteiger partial charge is 0.250 e. The van der Waals surface area contributed by atoms with E-state index in [9.17, 15) is 9.59 Å². The number of carbonyl (C=O) groups is 1. The van der Waals surface area contributed by atoms with E-state index in [0.717, 1.165) is 70.1 Å². The Balaban J connectivity index is 0.00000392. The van der Waals surface area contributed by atoms with Gasteiger partial charge in [0.15, 0.2) is 5.96 Å². The summed E-state index contributed by atoms with van der Waals surface area (Å²) in [5, 5.41) is 3.36. The Kier molecular flexibility index (Phi) is 11.2. The van der Waals surface area contributed by atoms with Crippen molar-refractivity contribution in [3.63, 3.8) is 0 Å². The number of hydrogen-bond acceptors (Lipinski definition) is 3. The van der Waals surface area contributed by atoms with Gasteiger partial charge in [-0.3, -0.25) is 14.6 Å². The van der Waals surface area contributed by atoms with Crippen LogP contribution in [0, 0.1) is 12.8 Å². The van der Waals surface area contributed by atoms with Crippen LogP contribution >= 0.6 is 24.0 Å². The van der Waals surface area contributed by atoms with Crippen LogP contribution in [0.1, 0.15) is 44.7 Å². The first kappa shape index (κ1) is 24.5. The van der Waals surface area contributed by atoms with E-state index in [4.69, 9.17) is 10.7 Å². The summed E-state index contributed by atoms with van der Waals surface area (Å²) in [6.45, 7) is 8.07. The molecule has 158 valence electrons. The number of unbranched alkanes of at least 4 members (excludes halogenated alkanes) is 1. The van der Waals surface area contributed by atoms with Gasteiger partial charge in [0.2, 0.25) is 5.91 Å². The molecule has 1 fully saturated rings.